The number of hydrazone groups is 1. The van der Waals surface area contributed by atoms with E-state index < -0.39 is 23.8 Å². The first-order valence-corrected chi connectivity index (χ1v) is 10.1. The third kappa shape index (κ3) is 3.12. The number of hydrogen-bond donors (Lipinski definition) is 0. The van der Waals surface area contributed by atoms with Crippen molar-refractivity contribution < 1.29 is 14.4 Å². The van der Waals surface area contributed by atoms with Gasteiger partial charge in [-0.2, -0.15) is 5.10 Å². The molecule has 0 aliphatic carbocycles. The van der Waals surface area contributed by atoms with E-state index in [1.54, 1.807) is 66.7 Å². The number of ketones is 1. The summed E-state index contributed by atoms with van der Waals surface area (Å²) in [7, 11) is 0. The second kappa shape index (κ2) is 7.49. The quantitative estimate of drug-likeness (QED) is 0.465. The Balaban J connectivity index is 1.61. The number of anilines is 2. The summed E-state index contributed by atoms with van der Waals surface area (Å²) in [6, 6.07) is 23.2. The molecule has 0 N–H and O–H groups in total. The fraction of sp³-hybridized carbons (Fsp3) is 0.0833. The van der Waals surface area contributed by atoms with Crippen molar-refractivity contribution in [2.24, 2.45) is 11.0 Å². The van der Waals surface area contributed by atoms with E-state index in [2.05, 4.69) is 5.10 Å². The van der Waals surface area contributed by atoms with Gasteiger partial charge in [-0.25, -0.2) is 4.90 Å². The molecule has 0 aromatic heterocycles. The van der Waals surface area contributed by atoms with Crippen LogP contribution in [0.25, 0.3) is 0 Å². The molecule has 7 heteroatoms. The summed E-state index contributed by atoms with van der Waals surface area (Å²) in [4.78, 5) is 41.2. The van der Waals surface area contributed by atoms with Gasteiger partial charge in [-0.15, -0.1) is 0 Å². The second-order valence-electron chi connectivity index (χ2n) is 7.27. The van der Waals surface area contributed by atoms with Crippen molar-refractivity contribution >= 4 is 46.3 Å². The Bertz CT molecular complexity index is 1210. The molecule has 31 heavy (non-hydrogen) atoms. The number of fused-ring (bicyclic) bond motifs is 1. The van der Waals surface area contributed by atoms with Crippen LogP contribution in [-0.4, -0.2) is 29.4 Å². The maximum Gasteiger partial charge on any atom is 0.259 e. The zero-order valence-corrected chi connectivity index (χ0v) is 16.9. The molecular weight excluding hydrogens is 414 g/mol. The molecule has 2 aliphatic rings. The van der Waals surface area contributed by atoms with Crippen LogP contribution in [0.1, 0.15) is 10.4 Å². The van der Waals surface area contributed by atoms with E-state index >= 15 is 0 Å². The highest BCUT2D eigenvalue weighted by Gasteiger charge is 2.58. The van der Waals surface area contributed by atoms with Crippen molar-refractivity contribution in [1.82, 2.24) is 0 Å². The van der Waals surface area contributed by atoms with E-state index in [1.807, 2.05) is 18.2 Å². The van der Waals surface area contributed by atoms with E-state index in [0.29, 0.717) is 22.0 Å². The minimum absolute atomic E-state index is 0.0647. The monoisotopic (exact) mass is 429 g/mol. The molecule has 2 heterocycles. The Morgan fingerprint density at radius 1 is 0.774 bits per heavy atom. The van der Waals surface area contributed by atoms with E-state index in [9.17, 15) is 14.4 Å². The number of halogens is 1. The van der Waals surface area contributed by atoms with E-state index in [-0.39, 0.29) is 11.5 Å². The van der Waals surface area contributed by atoms with Crippen LogP contribution in [0.3, 0.4) is 0 Å². The topological polar surface area (TPSA) is 70.1 Å². The smallest absolute Gasteiger partial charge is 0.259 e. The molecule has 6 nitrogen and oxygen atoms in total. The number of amides is 2. The van der Waals surface area contributed by atoms with Crippen LogP contribution in [0, 0.1) is 5.92 Å². The van der Waals surface area contributed by atoms with Crippen molar-refractivity contribution in [2.75, 3.05) is 9.91 Å². The van der Waals surface area contributed by atoms with Crippen LogP contribution < -0.4 is 9.91 Å². The number of hydrogen-bond acceptors (Lipinski definition) is 5. The lowest BCUT2D eigenvalue weighted by molar-refractivity contribution is -0.121. The molecule has 1 fully saturated rings. The summed E-state index contributed by atoms with van der Waals surface area (Å²) < 4.78 is 0. The van der Waals surface area contributed by atoms with Crippen molar-refractivity contribution in [3.8, 4) is 0 Å². The number of benzene rings is 3. The predicted molar refractivity (Wildman–Crippen MR) is 118 cm³/mol. The van der Waals surface area contributed by atoms with Gasteiger partial charge in [-0.3, -0.25) is 19.4 Å². The number of nitrogens with zero attached hydrogens (tertiary/aromatic N) is 3. The molecule has 0 unspecified atom stereocenters. The molecule has 2 atom stereocenters. The number of carbonyl (C=O) groups is 3. The lowest BCUT2D eigenvalue weighted by Gasteiger charge is -2.22. The molecular formula is C24H16ClN3O3. The van der Waals surface area contributed by atoms with Gasteiger partial charge in [0.25, 0.3) is 5.91 Å². The van der Waals surface area contributed by atoms with Gasteiger partial charge >= 0.3 is 0 Å². The van der Waals surface area contributed by atoms with Crippen LogP contribution in [0.2, 0.25) is 5.02 Å². The average molecular weight is 430 g/mol. The number of imide groups is 1. The molecule has 0 radical (unpaired) electrons. The first kappa shape index (κ1) is 19.2. The largest absolute Gasteiger partial charge is 0.287 e. The Hall–Kier alpha value is -3.77. The van der Waals surface area contributed by atoms with Crippen LogP contribution in [0.5, 0.6) is 0 Å². The summed E-state index contributed by atoms with van der Waals surface area (Å²) in [5.41, 5.74) is 1.52. The van der Waals surface area contributed by atoms with Crippen molar-refractivity contribution in [3.63, 3.8) is 0 Å². The van der Waals surface area contributed by atoms with Gasteiger partial charge in [0.1, 0.15) is 17.7 Å². The zero-order chi connectivity index (χ0) is 21.5. The van der Waals surface area contributed by atoms with Gasteiger partial charge in [-0.05, 0) is 36.4 Å². The zero-order valence-electron chi connectivity index (χ0n) is 16.2. The van der Waals surface area contributed by atoms with Crippen LogP contribution in [0.15, 0.2) is 90.0 Å². The third-order valence-corrected chi connectivity index (χ3v) is 5.68. The fourth-order valence-electron chi connectivity index (χ4n) is 3.98. The highest BCUT2D eigenvalue weighted by Crippen LogP contribution is 2.38. The predicted octanol–water partition coefficient (Wildman–Crippen LogP) is 3.96. The Morgan fingerprint density at radius 2 is 1.39 bits per heavy atom. The summed E-state index contributed by atoms with van der Waals surface area (Å²) >= 11 is 5.96. The first-order valence-electron chi connectivity index (χ1n) is 9.72. The van der Waals surface area contributed by atoms with Crippen LogP contribution in [-0.2, 0) is 9.59 Å². The summed E-state index contributed by atoms with van der Waals surface area (Å²) in [5.74, 6) is -2.26. The first-order chi connectivity index (χ1) is 15.1. The van der Waals surface area contributed by atoms with E-state index in [0.717, 1.165) is 4.90 Å². The number of carbonyl (C=O) groups excluding carboxylic acids is 3. The number of Topliss-reactive ketones (excluding diaryl/α,β-unsaturated/α-hetero) is 1. The minimum atomic E-state index is -0.990. The summed E-state index contributed by atoms with van der Waals surface area (Å²) in [6.07, 6.45) is 0. The lowest BCUT2D eigenvalue weighted by Crippen LogP contribution is -2.39. The maximum atomic E-state index is 13.4. The molecule has 0 spiro atoms. The van der Waals surface area contributed by atoms with Crippen molar-refractivity contribution in [2.45, 2.75) is 6.04 Å². The number of para-hydroxylation sites is 1. The molecule has 0 saturated carbocycles. The lowest BCUT2D eigenvalue weighted by atomic mass is 9.92. The summed E-state index contributed by atoms with van der Waals surface area (Å²) in [6.45, 7) is 0. The molecule has 3 aromatic carbocycles. The van der Waals surface area contributed by atoms with Crippen LogP contribution >= 0.6 is 11.6 Å². The molecule has 2 amide bonds. The van der Waals surface area contributed by atoms with Gasteiger partial charge in [0.15, 0.2) is 0 Å². The third-order valence-electron chi connectivity index (χ3n) is 5.42. The SMILES string of the molecule is O=C(C1=NN(c2ccccc2)[C@H]2C(=O)N(c3ccc(Cl)cc3)C(=O)[C@H]12)c1ccccc1. The normalized spacial score (nSPS) is 20.1. The number of rotatable bonds is 4. The fourth-order valence-corrected chi connectivity index (χ4v) is 4.10. The van der Waals surface area contributed by atoms with Gasteiger partial charge in [0.2, 0.25) is 11.7 Å². The van der Waals surface area contributed by atoms with Crippen molar-refractivity contribution in [3.05, 3.63) is 95.5 Å². The maximum absolute atomic E-state index is 13.4. The molecule has 2 aliphatic heterocycles. The van der Waals surface area contributed by atoms with E-state index in [1.165, 1.54) is 5.01 Å². The van der Waals surface area contributed by atoms with Crippen molar-refractivity contribution in [1.29, 1.82) is 0 Å². The van der Waals surface area contributed by atoms with Gasteiger partial charge < -0.3 is 0 Å². The average Bonchev–Trinajstić information content (AvgIpc) is 3.32. The Labute approximate surface area is 183 Å². The minimum Gasteiger partial charge on any atom is -0.287 e. The Kier molecular flexibility index (Phi) is 4.64. The summed E-state index contributed by atoms with van der Waals surface area (Å²) in [5, 5.41) is 6.45. The standard InChI is InChI=1S/C24H16ClN3O3/c25-16-11-13-17(14-12-16)27-23(30)19-20(22(29)15-7-3-1-4-8-15)26-28(21(19)24(27)31)18-9-5-2-6-10-18/h1-14,19,21H/t19-,21-/m1/s1. The molecule has 152 valence electrons. The van der Waals surface area contributed by atoms with Crippen LogP contribution in [0.4, 0.5) is 11.4 Å². The Morgan fingerprint density at radius 3 is 2.03 bits per heavy atom. The molecule has 5 rings (SSSR count). The van der Waals surface area contributed by atoms with Gasteiger partial charge in [0.05, 0.1) is 11.4 Å². The highest BCUT2D eigenvalue weighted by atomic mass is 35.5. The molecule has 1 saturated heterocycles. The molecule has 3 aromatic rings. The van der Waals surface area contributed by atoms with Gasteiger partial charge in [-0.1, -0.05) is 60.1 Å². The second-order valence-corrected chi connectivity index (χ2v) is 7.71. The highest BCUT2D eigenvalue weighted by molar-refractivity contribution is 6.53. The van der Waals surface area contributed by atoms with E-state index in [4.69, 9.17) is 11.6 Å². The van der Waals surface area contributed by atoms with Gasteiger partial charge in [0, 0.05) is 10.6 Å². The molecule has 0 bridgehead atoms.